The van der Waals surface area contributed by atoms with Crippen molar-refractivity contribution in [3.63, 3.8) is 0 Å². The average Bonchev–Trinajstić information content (AvgIpc) is 3.76. The van der Waals surface area contributed by atoms with Gasteiger partial charge in [0.1, 0.15) is 11.2 Å². The van der Waals surface area contributed by atoms with Crippen LogP contribution in [0.2, 0.25) is 0 Å². The van der Waals surface area contributed by atoms with Gasteiger partial charge in [0, 0.05) is 47.6 Å². The van der Waals surface area contributed by atoms with E-state index in [1.165, 1.54) is 20.2 Å². The second-order valence-corrected chi connectivity index (χ2v) is 13.5. The highest BCUT2D eigenvalue weighted by atomic mass is 32.1. The third kappa shape index (κ3) is 4.79. The number of nitrogens with zero attached hydrogens (tertiary/aromatic N) is 3. The number of rotatable bonds is 5. The molecule has 0 fully saturated rings. The summed E-state index contributed by atoms with van der Waals surface area (Å²) in [5, 5.41) is 4.70. The van der Waals surface area contributed by atoms with Crippen molar-refractivity contribution in [3.8, 4) is 56.4 Å². The first-order chi connectivity index (χ1) is 24.8. The van der Waals surface area contributed by atoms with Crippen LogP contribution in [0.3, 0.4) is 0 Å². The van der Waals surface area contributed by atoms with E-state index in [0.29, 0.717) is 17.5 Å². The molecule has 0 saturated heterocycles. The third-order valence-electron chi connectivity index (χ3n) is 9.36. The summed E-state index contributed by atoms with van der Waals surface area (Å²) in [4.78, 5) is 15.4. The molecule has 0 unspecified atom stereocenters. The van der Waals surface area contributed by atoms with Crippen LogP contribution in [-0.2, 0) is 0 Å². The Morgan fingerprint density at radius 2 is 0.960 bits per heavy atom. The first-order valence-electron chi connectivity index (χ1n) is 16.6. The van der Waals surface area contributed by atoms with Crippen molar-refractivity contribution < 1.29 is 4.42 Å². The van der Waals surface area contributed by atoms with Gasteiger partial charge in [0.05, 0.1) is 0 Å². The van der Waals surface area contributed by atoms with Crippen LogP contribution in [0.25, 0.3) is 98.5 Å². The first kappa shape index (κ1) is 28.6. The van der Waals surface area contributed by atoms with Gasteiger partial charge in [-0.1, -0.05) is 127 Å². The molecule has 0 radical (unpaired) electrons. The first-order valence-corrected chi connectivity index (χ1v) is 17.4. The molecule has 0 amide bonds. The number of thiophene rings is 1. The molecule has 0 atom stereocenters. The van der Waals surface area contributed by atoms with Gasteiger partial charge in [-0.25, -0.2) is 15.0 Å². The predicted molar refractivity (Wildman–Crippen MR) is 207 cm³/mol. The maximum Gasteiger partial charge on any atom is 0.164 e. The van der Waals surface area contributed by atoms with Crippen LogP contribution in [0.4, 0.5) is 0 Å². The molecule has 3 heterocycles. The van der Waals surface area contributed by atoms with E-state index in [4.69, 9.17) is 19.4 Å². The highest BCUT2D eigenvalue weighted by Crippen LogP contribution is 2.43. The number of benzene rings is 7. The van der Waals surface area contributed by atoms with Crippen molar-refractivity contribution in [1.29, 1.82) is 0 Å². The summed E-state index contributed by atoms with van der Waals surface area (Å²) in [6.45, 7) is 0. The molecule has 3 aromatic heterocycles. The van der Waals surface area contributed by atoms with Crippen LogP contribution in [0.15, 0.2) is 168 Å². The van der Waals surface area contributed by atoms with Crippen molar-refractivity contribution in [2.24, 2.45) is 0 Å². The van der Waals surface area contributed by atoms with Crippen LogP contribution >= 0.6 is 11.3 Å². The molecule has 234 valence electrons. The molecule has 0 N–H and O–H groups in total. The molecule has 50 heavy (non-hydrogen) atoms. The van der Waals surface area contributed by atoms with Crippen molar-refractivity contribution in [2.45, 2.75) is 0 Å². The smallest absolute Gasteiger partial charge is 0.164 e. The van der Waals surface area contributed by atoms with E-state index in [1.54, 1.807) is 0 Å². The largest absolute Gasteiger partial charge is 0.456 e. The van der Waals surface area contributed by atoms with Gasteiger partial charge < -0.3 is 4.42 Å². The van der Waals surface area contributed by atoms with Crippen LogP contribution < -0.4 is 0 Å². The van der Waals surface area contributed by atoms with Crippen molar-refractivity contribution in [2.75, 3.05) is 0 Å². The predicted octanol–water partition coefficient (Wildman–Crippen LogP) is 12.5. The molecule has 10 rings (SSSR count). The zero-order chi connectivity index (χ0) is 33.0. The summed E-state index contributed by atoms with van der Waals surface area (Å²) in [6.07, 6.45) is 0. The van der Waals surface area contributed by atoms with Crippen LogP contribution in [0.1, 0.15) is 0 Å². The summed E-state index contributed by atoms with van der Waals surface area (Å²) in [5.74, 6) is 1.87. The summed E-state index contributed by atoms with van der Waals surface area (Å²) >= 11 is 1.83. The Bertz CT molecular complexity index is 2820. The van der Waals surface area contributed by atoms with E-state index in [1.807, 2.05) is 90.2 Å². The number of hydrogen-bond donors (Lipinski definition) is 0. The Morgan fingerprint density at radius 1 is 0.360 bits per heavy atom. The lowest BCUT2D eigenvalue weighted by atomic mass is 9.91. The Hall–Kier alpha value is -6.43. The van der Waals surface area contributed by atoms with Gasteiger partial charge in [-0.05, 0) is 58.7 Å². The monoisotopic (exact) mass is 657 g/mol. The van der Waals surface area contributed by atoms with Gasteiger partial charge in [0.15, 0.2) is 17.5 Å². The molecule has 0 aliphatic heterocycles. The number of para-hydroxylation sites is 1. The fourth-order valence-electron chi connectivity index (χ4n) is 6.98. The molecular weight excluding hydrogens is 631 g/mol. The zero-order valence-corrected chi connectivity index (χ0v) is 27.6. The van der Waals surface area contributed by atoms with Gasteiger partial charge in [0.25, 0.3) is 0 Å². The molecule has 7 aromatic carbocycles. The second-order valence-electron chi connectivity index (χ2n) is 12.4. The lowest BCUT2D eigenvalue weighted by Crippen LogP contribution is -2.01. The van der Waals surface area contributed by atoms with Crippen molar-refractivity contribution in [1.82, 2.24) is 15.0 Å². The molecule has 5 heteroatoms. The van der Waals surface area contributed by atoms with E-state index in [9.17, 15) is 0 Å². The van der Waals surface area contributed by atoms with E-state index in [-0.39, 0.29) is 0 Å². The summed E-state index contributed by atoms with van der Waals surface area (Å²) in [6, 6.07) is 56.8. The fourth-order valence-corrected chi connectivity index (χ4v) is 8.06. The van der Waals surface area contributed by atoms with E-state index in [0.717, 1.165) is 60.9 Å². The SMILES string of the molecule is c1ccc(-c2nc(-c3ccccc3)nc(-c3cc(-c4ccc5sc6ccccc6c5c4)ccc3-c3cccc4oc5ccccc5c34)n2)cc1. The van der Waals surface area contributed by atoms with Crippen molar-refractivity contribution in [3.05, 3.63) is 164 Å². The minimum absolute atomic E-state index is 0.612. The third-order valence-corrected chi connectivity index (χ3v) is 10.5. The fraction of sp³-hybridized carbons (Fsp3) is 0. The molecule has 0 spiro atoms. The second kappa shape index (κ2) is 11.6. The van der Waals surface area contributed by atoms with Gasteiger partial charge in [0.2, 0.25) is 0 Å². The van der Waals surface area contributed by atoms with Gasteiger partial charge in [-0.2, -0.15) is 0 Å². The summed E-state index contributed by atoms with van der Waals surface area (Å²) in [7, 11) is 0. The minimum atomic E-state index is 0.612. The normalized spacial score (nSPS) is 11.6. The Labute approximate surface area is 292 Å². The van der Waals surface area contributed by atoms with Gasteiger partial charge >= 0.3 is 0 Å². The molecule has 10 aromatic rings. The lowest BCUT2D eigenvalue weighted by Gasteiger charge is -2.15. The van der Waals surface area contributed by atoms with Crippen molar-refractivity contribution >= 4 is 53.4 Å². The Morgan fingerprint density at radius 3 is 1.74 bits per heavy atom. The topological polar surface area (TPSA) is 51.8 Å². The number of furan rings is 1. The minimum Gasteiger partial charge on any atom is -0.456 e. The maximum absolute atomic E-state index is 6.34. The Kier molecular flexibility index (Phi) is 6.64. The molecule has 0 aliphatic carbocycles. The van der Waals surface area contributed by atoms with Gasteiger partial charge in [-0.3, -0.25) is 0 Å². The molecule has 0 saturated carbocycles. The number of hydrogen-bond acceptors (Lipinski definition) is 5. The molecule has 4 nitrogen and oxygen atoms in total. The van der Waals surface area contributed by atoms with E-state index >= 15 is 0 Å². The highest BCUT2D eigenvalue weighted by molar-refractivity contribution is 7.25. The van der Waals surface area contributed by atoms with Crippen LogP contribution in [-0.4, -0.2) is 15.0 Å². The quantitative estimate of drug-likeness (QED) is 0.185. The van der Waals surface area contributed by atoms with Crippen LogP contribution in [0.5, 0.6) is 0 Å². The number of aromatic nitrogens is 3. The molecule has 0 bridgehead atoms. The van der Waals surface area contributed by atoms with Gasteiger partial charge in [-0.15, -0.1) is 11.3 Å². The summed E-state index contributed by atoms with van der Waals surface area (Å²) in [5.41, 5.74) is 8.82. The number of fused-ring (bicyclic) bond motifs is 6. The standard InChI is InChI=1S/C45H27N3OS/c1-3-12-28(13-4-1)43-46-44(29-14-5-2-6-15-29)48-45(47-43)37-27-30(31-23-25-41-36(26-31)33-16-8-10-21-40(33)50-41)22-24-32(37)34-18-11-20-39-42(34)35-17-7-9-19-38(35)49-39/h1-27H. The van der Waals surface area contributed by atoms with E-state index < -0.39 is 0 Å². The average molecular weight is 658 g/mol. The van der Waals surface area contributed by atoms with E-state index in [2.05, 4.69) is 84.9 Å². The maximum atomic E-state index is 6.34. The Balaban J connectivity index is 1.26. The highest BCUT2D eigenvalue weighted by Gasteiger charge is 2.20. The lowest BCUT2D eigenvalue weighted by molar-refractivity contribution is 0.669. The summed E-state index contributed by atoms with van der Waals surface area (Å²) < 4.78 is 8.91. The molecule has 0 aliphatic rings. The molecular formula is C45H27N3OS. The van der Waals surface area contributed by atoms with Crippen LogP contribution in [0, 0.1) is 0 Å². The zero-order valence-electron chi connectivity index (χ0n) is 26.7.